The lowest BCUT2D eigenvalue weighted by Gasteiger charge is -2.11. The first-order chi connectivity index (χ1) is 27.2. The van der Waals surface area contributed by atoms with Crippen LogP contribution in [0.5, 0.6) is 0 Å². The van der Waals surface area contributed by atoms with Crippen LogP contribution in [0.2, 0.25) is 0 Å². The third kappa shape index (κ3) is 6.18. The van der Waals surface area contributed by atoms with Gasteiger partial charge in [-0.15, -0.1) is 0 Å². The number of nitrogens with zero attached hydrogens (tertiary/aromatic N) is 2. The van der Waals surface area contributed by atoms with Gasteiger partial charge in [-0.1, -0.05) is 146 Å². The monoisotopic (exact) mass is 701 g/mol. The smallest absolute Gasteiger partial charge is 0.0730 e. The number of fused-ring (bicyclic) bond motifs is 3. The van der Waals surface area contributed by atoms with Gasteiger partial charge in [0.1, 0.15) is 0 Å². The summed E-state index contributed by atoms with van der Waals surface area (Å²) in [5.41, 5.74) is 17.3. The van der Waals surface area contributed by atoms with E-state index in [0.717, 1.165) is 89.0 Å². The highest BCUT2D eigenvalue weighted by Gasteiger charge is 2.19. The highest BCUT2D eigenvalue weighted by atomic mass is 14.8. The molecule has 3 heteroatoms. The van der Waals surface area contributed by atoms with E-state index in [2.05, 4.69) is 205 Å². The van der Waals surface area contributed by atoms with Crippen molar-refractivity contribution in [1.29, 1.82) is 0 Å². The molecule has 10 rings (SSSR count). The number of nitrogens with one attached hydrogen (secondary N) is 1. The molecule has 0 aliphatic carbocycles. The quantitative estimate of drug-likeness (QED) is 0.180. The van der Waals surface area contributed by atoms with Crippen LogP contribution in [0.15, 0.2) is 206 Å². The van der Waals surface area contributed by atoms with Crippen LogP contribution in [0.1, 0.15) is 0 Å². The van der Waals surface area contributed by atoms with Gasteiger partial charge < -0.3 is 4.98 Å². The molecule has 3 nitrogen and oxygen atoms in total. The standard InChI is InChI=1S/C52H35N3/c1-5-15-35(16-6-1)39-23-13-24-41(29-39)48-25-14-26-49(54-48)46-32-42(37-19-9-3-10-20-37)30-44-45-31-43(38-21-11-4-12-22-38)33-47(52(45)55-51(44)46)50-34-40(27-28-53-50)36-17-7-2-8-18-36/h1-34,55H. The molecule has 0 unspecified atom stereocenters. The molecule has 258 valence electrons. The Balaban J connectivity index is 1.21. The molecule has 55 heavy (non-hydrogen) atoms. The van der Waals surface area contributed by atoms with Crippen molar-refractivity contribution >= 4 is 21.8 Å². The number of aromatic amines is 1. The lowest BCUT2D eigenvalue weighted by molar-refractivity contribution is 1.32. The summed E-state index contributed by atoms with van der Waals surface area (Å²) in [5, 5.41) is 2.28. The summed E-state index contributed by atoms with van der Waals surface area (Å²) in [7, 11) is 0. The van der Waals surface area contributed by atoms with E-state index >= 15 is 0 Å². The van der Waals surface area contributed by atoms with Crippen LogP contribution in [0.4, 0.5) is 0 Å². The number of H-pyrrole nitrogens is 1. The molecule has 0 aliphatic rings. The normalized spacial score (nSPS) is 11.3. The number of aromatic nitrogens is 3. The van der Waals surface area contributed by atoms with Crippen molar-refractivity contribution in [3.05, 3.63) is 206 Å². The Morgan fingerprint density at radius 1 is 0.291 bits per heavy atom. The Hall–Kier alpha value is -7.36. The summed E-state index contributed by atoms with van der Waals surface area (Å²) in [4.78, 5) is 14.3. The van der Waals surface area contributed by atoms with Crippen LogP contribution in [0.25, 0.3) is 100 Å². The minimum absolute atomic E-state index is 0.908. The third-order valence-corrected chi connectivity index (χ3v) is 10.5. The first-order valence-electron chi connectivity index (χ1n) is 18.6. The molecule has 0 amide bonds. The van der Waals surface area contributed by atoms with Gasteiger partial charge in [-0.05, 0) is 99.1 Å². The van der Waals surface area contributed by atoms with E-state index in [1.165, 1.54) is 11.1 Å². The molecule has 0 atom stereocenters. The maximum Gasteiger partial charge on any atom is 0.0730 e. The minimum Gasteiger partial charge on any atom is -0.353 e. The predicted octanol–water partition coefficient (Wildman–Crippen LogP) is 13.8. The zero-order chi connectivity index (χ0) is 36.6. The van der Waals surface area contributed by atoms with Crippen LogP contribution >= 0.6 is 0 Å². The molecule has 3 aromatic heterocycles. The SMILES string of the molecule is c1ccc(-c2cccc(-c3cccc(-c4cc(-c5ccccc5)cc5c4[nH]c4c(-c6cc(-c7ccccc7)ccn6)cc(-c6ccccc6)cc45)n3)c2)cc1. The zero-order valence-corrected chi connectivity index (χ0v) is 30.0. The Labute approximate surface area is 320 Å². The molecule has 3 heterocycles. The highest BCUT2D eigenvalue weighted by molar-refractivity contribution is 6.17. The van der Waals surface area contributed by atoms with Crippen molar-refractivity contribution in [2.45, 2.75) is 0 Å². The van der Waals surface area contributed by atoms with Crippen LogP contribution < -0.4 is 0 Å². The van der Waals surface area contributed by atoms with Gasteiger partial charge in [-0.3, -0.25) is 4.98 Å². The molecule has 7 aromatic carbocycles. The van der Waals surface area contributed by atoms with Crippen molar-refractivity contribution in [2.75, 3.05) is 0 Å². The van der Waals surface area contributed by atoms with Gasteiger partial charge in [-0.2, -0.15) is 0 Å². The summed E-state index contributed by atoms with van der Waals surface area (Å²) in [5.74, 6) is 0. The van der Waals surface area contributed by atoms with E-state index in [4.69, 9.17) is 9.97 Å². The molecule has 10 aromatic rings. The molecule has 0 fully saturated rings. The fraction of sp³-hybridized carbons (Fsp3) is 0. The Morgan fingerprint density at radius 2 is 0.727 bits per heavy atom. The molecule has 0 spiro atoms. The molecule has 0 bridgehead atoms. The lowest BCUT2D eigenvalue weighted by atomic mass is 9.94. The number of hydrogen-bond acceptors (Lipinski definition) is 2. The second-order valence-electron chi connectivity index (χ2n) is 13.9. The fourth-order valence-corrected chi connectivity index (χ4v) is 7.72. The summed E-state index contributed by atoms with van der Waals surface area (Å²) >= 11 is 0. The van der Waals surface area contributed by atoms with Crippen molar-refractivity contribution in [1.82, 2.24) is 15.0 Å². The molecule has 0 saturated heterocycles. The Kier molecular flexibility index (Phi) is 8.16. The van der Waals surface area contributed by atoms with Crippen LogP contribution in [0.3, 0.4) is 0 Å². The van der Waals surface area contributed by atoms with Gasteiger partial charge in [0, 0.05) is 33.7 Å². The van der Waals surface area contributed by atoms with E-state index in [1.807, 2.05) is 6.20 Å². The second-order valence-corrected chi connectivity index (χ2v) is 13.9. The number of pyridine rings is 2. The summed E-state index contributed by atoms with van der Waals surface area (Å²) in [6.07, 6.45) is 1.92. The van der Waals surface area contributed by atoms with Gasteiger partial charge >= 0.3 is 0 Å². The highest BCUT2D eigenvalue weighted by Crippen LogP contribution is 2.42. The fourth-order valence-electron chi connectivity index (χ4n) is 7.72. The average Bonchev–Trinajstić information content (AvgIpc) is 3.66. The van der Waals surface area contributed by atoms with E-state index in [-0.39, 0.29) is 0 Å². The Morgan fingerprint density at radius 3 is 1.29 bits per heavy atom. The molecular formula is C52H35N3. The van der Waals surface area contributed by atoms with Crippen LogP contribution in [-0.2, 0) is 0 Å². The van der Waals surface area contributed by atoms with E-state index in [0.29, 0.717) is 0 Å². The molecular weight excluding hydrogens is 667 g/mol. The van der Waals surface area contributed by atoms with Gasteiger partial charge in [0.2, 0.25) is 0 Å². The van der Waals surface area contributed by atoms with Crippen LogP contribution in [-0.4, -0.2) is 15.0 Å². The van der Waals surface area contributed by atoms with Gasteiger partial charge in [-0.25, -0.2) is 4.98 Å². The number of benzene rings is 7. The maximum atomic E-state index is 5.36. The molecule has 0 saturated carbocycles. The Bertz CT molecular complexity index is 2950. The van der Waals surface area contributed by atoms with E-state index in [9.17, 15) is 0 Å². The summed E-state index contributed by atoms with van der Waals surface area (Å²) in [6, 6.07) is 70.8. The molecule has 1 N–H and O–H groups in total. The van der Waals surface area contributed by atoms with E-state index < -0.39 is 0 Å². The number of hydrogen-bond donors (Lipinski definition) is 1. The van der Waals surface area contributed by atoms with E-state index in [1.54, 1.807) is 0 Å². The van der Waals surface area contributed by atoms with Crippen molar-refractivity contribution in [3.63, 3.8) is 0 Å². The zero-order valence-electron chi connectivity index (χ0n) is 30.0. The van der Waals surface area contributed by atoms with Crippen molar-refractivity contribution in [3.8, 4) is 78.3 Å². The van der Waals surface area contributed by atoms with Gasteiger partial charge in [0.25, 0.3) is 0 Å². The molecule has 0 radical (unpaired) electrons. The number of rotatable bonds is 7. The van der Waals surface area contributed by atoms with Crippen molar-refractivity contribution in [2.24, 2.45) is 0 Å². The maximum absolute atomic E-state index is 5.36. The largest absolute Gasteiger partial charge is 0.353 e. The average molecular weight is 702 g/mol. The lowest BCUT2D eigenvalue weighted by Crippen LogP contribution is -1.91. The van der Waals surface area contributed by atoms with Crippen LogP contribution in [0, 0.1) is 0 Å². The summed E-state index contributed by atoms with van der Waals surface area (Å²) < 4.78 is 0. The topological polar surface area (TPSA) is 41.6 Å². The first kappa shape index (κ1) is 32.3. The minimum atomic E-state index is 0.908. The third-order valence-electron chi connectivity index (χ3n) is 10.5. The second kappa shape index (κ2) is 13.9. The summed E-state index contributed by atoms with van der Waals surface area (Å²) in [6.45, 7) is 0. The van der Waals surface area contributed by atoms with Gasteiger partial charge in [0.15, 0.2) is 0 Å². The van der Waals surface area contributed by atoms with Gasteiger partial charge in [0.05, 0.1) is 28.1 Å². The van der Waals surface area contributed by atoms with Crippen molar-refractivity contribution < 1.29 is 0 Å². The molecule has 0 aliphatic heterocycles. The first-order valence-corrected chi connectivity index (χ1v) is 18.6. The predicted molar refractivity (Wildman–Crippen MR) is 229 cm³/mol.